The van der Waals surface area contributed by atoms with Crippen LogP contribution in [0.2, 0.25) is 0 Å². The Kier molecular flexibility index (Phi) is 7.92. The van der Waals surface area contributed by atoms with E-state index in [0.29, 0.717) is 13.1 Å². The quantitative estimate of drug-likeness (QED) is 0.201. The molecule has 2 atom stereocenters. The van der Waals surface area contributed by atoms with E-state index in [4.69, 9.17) is 19.4 Å². The van der Waals surface area contributed by atoms with Gasteiger partial charge in [-0.25, -0.2) is 19.6 Å². The molecule has 2 fully saturated rings. The van der Waals surface area contributed by atoms with Gasteiger partial charge in [0.05, 0.1) is 35.0 Å². The number of rotatable bonds is 4. The lowest BCUT2D eigenvalue weighted by Gasteiger charge is -2.27. The molecule has 0 saturated carbocycles. The van der Waals surface area contributed by atoms with Crippen molar-refractivity contribution in [3.05, 3.63) is 72.4 Å². The number of fused-ring (bicyclic) bond motifs is 2. The van der Waals surface area contributed by atoms with E-state index in [-0.39, 0.29) is 24.3 Å². The fourth-order valence-corrected chi connectivity index (χ4v) is 6.79. The van der Waals surface area contributed by atoms with Crippen LogP contribution in [0.1, 0.15) is 91.0 Å². The average molecular weight is 649 g/mol. The van der Waals surface area contributed by atoms with E-state index in [9.17, 15) is 9.59 Å². The van der Waals surface area contributed by atoms with E-state index in [0.717, 1.165) is 81.5 Å². The van der Waals surface area contributed by atoms with Crippen LogP contribution in [0.5, 0.6) is 0 Å². The van der Waals surface area contributed by atoms with E-state index in [1.54, 1.807) is 9.80 Å². The van der Waals surface area contributed by atoms with Crippen LogP contribution in [0.4, 0.5) is 9.59 Å². The summed E-state index contributed by atoms with van der Waals surface area (Å²) in [6.07, 6.45) is 4.77. The largest absolute Gasteiger partial charge is 0.444 e. The van der Waals surface area contributed by atoms with Gasteiger partial charge in [0.1, 0.15) is 22.9 Å². The molecule has 0 bridgehead atoms. The number of hydrogen-bond acceptors (Lipinski definition) is 6. The molecule has 2 aliphatic heterocycles. The number of nitrogens with zero attached hydrogens (tertiary/aromatic N) is 4. The predicted octanol–water partition coefficient (Wildman–Crippen LogP) is 8.92. The Bertz CT molecular complexity index is 2000. The van der Waals surface area contributed by atoms with E-state index >= 15 is 0 Å². The number of ether oxygens (including phenoxy) is 2. The van der Waals surface area contributed by atoms with Gasteiger partial charge in [0.25, 0.3) is 0 Å². The van der Waals surface area contributed by atoms with Crippen molar-refractivity contribution < 1.29 is 19.1 Å². The number of aromatic amines is 2. The molecule has 7 rings (SSSR count). The Morgan fingerprint density at radius 3 is 1.92 bits per heavy atom. The molecule has 5 aromatic rings. The van der Waals surface area contributed by atoms with E-state index in [1.807, 2.05) is 53.8 Å². The molecule has 3 aromatic carbocycles. The van der Waals surface area contributed by atoms with Crippen molar-refractivity contribution in [1.29, 1.82) is 0 Å². The van der Waals surface area contributed by atoms with Crippen molar-refractivity contribution >= 4 is 34.0 Å². The van der Waals surface area contributed by atoms with Crippen molar-refractivity contribution in [3.8, 4) is 22.4 Å². The minimum atomic E-state index is -0.546. The van der Waals surface area contributed by atoms with Crippen molar-refractivity contribution in [3.63, 3.8) is 0 Å². The monoisotopic (exact) mass is 648 g/mol. The lowest BCUT2D eigenvalue weighted by atomic mass is 9.99. The molecule has 1 unspecified atom stereocenters. The first kappa shape index (κ1) is 31.7. The Morgan fingerprint density at radius 2 is 1.27 bits per heavy atom. The molecular weight excluding hydrogens is 604 g/mol. The topological polar surface area (TPSA) is 116 Å². The van der Waals surface area contributed by atoms with Gasteiger partial charge in [0, 0.05) is 18.7 Å². The van der Waals surface area contributed by atoms with Gasteiger partial charge >= 0.3 is 12.2 Å². The maximum absolute atomic E-state index is 12.9. The Morgan fingerprint density at radius 1 is 0.708 bits per heavy atom. The van der Waals surface area contributed by atoms with Gasteiger partial charge in [0.15, 0.2) is 0 Å². The molecule has 2 aromatic heterocycles. The number of nitrogens with one attached hydrogen (secondary N) is 2. The molecule has 10 heteroatoms. The Balaban J connectivity index is 1.12. The van der Waals surface area contributed by atoms with Gasteiger partial charge in [-0.3, -0.25) is 9.80 Å². The second-order valence-corrected chi connectivity index (χ2v) is 15.0. The van der Waals surface area contributed by atoms with Gasteiger partial charge < -0.3 is 19.4 Å². The second kappa shape index (κ2) is 12.0. The lowest BCUT2D eigenvalue weighted by Crippen LogP contribution is -2.36. The fourth-order valence-electron chi connectivity index (χ4n) is 6.79. The first-order valence-corrected chi connectivity index (χ1v) is 16.9. The van der Waals surface area contributed by atoms with Crippen molar-refractivity contribution in [2.45, 2.75) is 90.5 Å². The number of hydrogen-bond donors (Lipinski definition) is 2. The van der Waals surface area contributed by atoms with E-state index < -0.39 is 11.2 Å². The van der Waals surface area contributed by atoms with Crippen molar-refractivity contribution in [1.82, 2.24) is 29.7 Å². The number of likely N-dealkylation sites (tertiary alicyclic amines) is 2. The summed E-state index contributed by atoms with van der Waals surface area (Å²) < 4.78 is 11.3. The van der Waals surface area contributed by atoms with Crippen LogP contribution in [0, 0.1) is 0 Å². The molecule has 2 aliphatic rings. The zero-order valence-electron chi connectivity index (χ0n) is 28.6. The summed E-state index contributed by atoms with van der Waals surface area (Å²) in [5.74, 6) is 1.57. The molecule has 10 nitrogen and oxygen atoms in total. The van der Waals surface area contributed by atoms with Crippen LogP contribution >= 0.6 is 0 Å². The predicted molar refractivity (Wildman–Crippen MR) is 186 cm³/mol. The van der Waals surface area contributed by atoms with Crippen LogP contribution in [-0.2, 0) is 9.47 Å². The summed E-state index contributed by atoms with van der Waals surface area (Å²) in [4.78, 5) is 45.9. The third-order valence-electron chi connectivity index (χ3n) is 8.97. The fraction of sp³-hybridized carbons (Fsp3) is 0.421. The first-order chi connectivity index (χ1) is 22.8. The summed E-state index contributed by atoms with van der Waals surface area (Å²) in [5, 5.41) is 2.25. The highest BCUT2D eigenvalue weighted by Crippen LogP contribution is 2.36. The highest BCUT2D eigenvalue weighted by Gasteiger charge is 2.36. The van der Waals surface area contributed by atoms with Crippen LogP contribution in [-0.4, -0.2) is 66.2 Å². The van der Waals surface area contributed by atoms with Crippen molar-refractivity contribution in [2.75, 3.05) is 13.1 Å². The summed E-state index contributed by atoms with van der Waals surface area (Å²) in [5.41, 5.74) is 4.82. The number of aromatic nitrogens is 4. The van der Waals surface area contributed by atoms with Crippen LogP contribution in [0.15, 0.2) is 60.8 Å². The molecule has 2 N–H and O–H groups in total. The zero-order valence-corrected chi connectivity index (χ0v) is 28.6. The molecule has 0 radical (unpaired) electrons. The third-order valence-corrected chi connectivity index (χ3v) is 8.97. The summed E-state index contributed by atoms with van der Waals surface area (Å²) in [6, 6.07) is 18.9. The zero-order chi connectivity index (χ0) is 33.8. The molecule has 4 heterocycles. The van der Waals surface area contributed by atoms with E-state index in [1.165, 1.54) is 0 Å². The summed E-state index contributed by atoms with van der Waals surface area (Å²) in [7, 11) is 0. The molecule has 0 spiro atoms. The normalized spacial score (nSPS) is 18.6. The van der Waals surface area contributed by atoms with Gasteiger partial charge in [-0.2, -0.15) is 0 Å². The summed E-state index contributed by atoms with van der Waals surface area (Å²) in [6.45, 7) is 12.6. The van der Waals surface area contributed by atoms with E-state index in [2.05, 4.69) is 58.5 Å². The molecule has 48 heavy (non-hydrogen) atoms. The number of H-pyrrole nitrogens is 2. The molecule has 0 aliphatic carbocycles. The minimum Gasteiger partial charge on any atom is -0.444 e. The van der Waals surface area contributed by atoms with Crippen LogP contribution in [0.25, 0.3) is 44.2 Å². The highest BCUT2D eigenvalue weighted by atomic mass is 16.6. The SMILES string of the molecule is CC(C)(C)OC(=O)N1CCCC1c1ncc(-c2ccc3ccc(-c4ccc5nc([C@@H]6CCCN6C(=O)OC(C)(C)C)[nH]c5c4)cc3c2)[nH]1. The molecule has 2 amide bonds. The maximum atomic E-state index is 12.9. The van der Waals surface area contributed by atoms with Gasteiger partial charge in [0.2, 0.25) is 0 Å². The number of carbonyl (C=O) groups excluding carboxylic acids is 2. The van der Waals surface area contributed by atoms with Crippen LogP contribution < -0.4 is 0 Å². The minimum absolute atomic E-state index is 0.132. The highest BCUT2D eigenvalue weighted by molar-refractivity contribution is 5.92. The van der Waals surface area contributed by atoms with Crippen molar-refractivity contribution in [2.24, 2.45) is 0 Å². The maximum Gasteiger partial charge on any atom is 0.410 e. The average Bonchev–Trinajstić information content (AvgIpc) is 3.84. The number of imidazole rings is 2. The Hall–Kier alpha value is -4.86. The second-order valence-electron chi connectivity index (χ2n) is 15.0. The van der Waals surface area contributed by atoms with Crippen LogP contribution in [0.3, 0.4) is 0 Å². The lowest BCUT2D eigenvalue weighted by molar-refractivity contribution is 0.0208. The standard InChI is InChI=1S/C38H44N6O4/c1-37(2,3)47-35(45)43-17-7-9-31(43)33-39-22-30(42-33)26-14-12-23-11-13-24(19-27(23)20-26)25-15-16-28-29(21-25)41-34(40-28)32-10-8-18-44(32)36(46)48-38(4,5)6/h11-16,19-22,31-32H,7-10,17-18H2,1-6H3,(H,39,42)(H,40,41)/t31?,32-/m0/s1. The third kappa shape index (κ3) is 6.48. The van der Waals surface area contributed by atoms with Gasteiger partial charge in [-0.1, -0.05) is 30.3 Å². The first-order valence-electron chi connectivity index (χ1n) is 16.9. The van der Waals surface area contributed by atoms with Gasteiger partial charge in [-0.15, -0.1) is 0 Å². The number of benzene rings is 3. The Labute approximate surface area is 280 Å². The smallest absolute Gasteiger partial charge is 0.410 e. The van der Waals surface area contributed by atoms with Gasteiger partial charge in [-0.05, 0) is 113 Å². The number of amides is 2. The molecular formula is C38H44N6O4. The molecule has 2 saturated heterocycles. The number of carbonyl (C=O) groups is 2. The molecule has 250 valence electrons. The summed E-state index contributed by atoms with van der Waals surface area (Å²) >= 11 is 0.